The van der Waals surface area contributed by atoms with Crippen molar-refractivity contribution in [3.8, 4) is 0 Å². The molecule has 2 heterocycles. The smallest absolute Gasteiger partial charge is 0.0406 e. The lowest BCUT2D eigenvalue weighted by Crippen LogP contribution is -2.48. The van der Waals surface area contributed by atoms with Gasteiger partial charge in [0.05, 0.1) is 0 Å². The minimum absolute atomic E-state index is 0.816. The first-order valence-electron chi connectivity index (χ1n) is 11.5. The molecule has 0 amide bonds. The molecule has 2 aromatic rings. The van der Waals surface area contributed by atoms with Crippen LogP contribution in [0.15, 0.2) is 48.5 Å². The first-order valence-corrected chi connectivity index (χ1v) is 12.3. The Kier molecular flexibility index (Phi) is 8.65. The molecule has 0 saturated carbocycles. The second-order valence-electron chi connectivity index (χ2n) is 8.84. The van der Waals surface area contributed by atoms with E-state index in [4.69, 9.17) is 23.2 Å². The van der Waals surface area contributed by atoms with Crippen LogP contribution in [0, 0.1) is 0 Å². The van der Waals surface area contributed by atoms with E-state index in [1.54, 1.807) is 0 Å². The molecule has 0 N–H and O–H groups in total. The maximum atomic E-state index is 5.99. The molecule has 0 atom stereocenters. The molecule has 4 rings (SSSR count). The Morgan fingerprint density at radius 3 is 1.16 bits per heavy atom. The zero-order valence-corrected chi connectivity index (χ0v) is 19.9. The lowest BCUT2D eigenvalue weighted by Gasteiger charge is -2.36. The van der Waals surface area contributed by atoms with E-state index in [9.17, 15) is 0 Å². The number of benzene rings is 2. The van der Waals surface area contributed by atoms with Gasteiger partial charge >= 0.3 is 0 Å². The summed E-state index contributed by atoms with van der Waals surface area (Å²) in [6.07, 6.45) is 1.27. The summed E-state index contributed by atoms with van der Waals surface area (Å²) in [4.78, 5) is 10.4. The molecule has 2 saturated heterocycles. The highest BCUT2D eigenvalue weighted by Gasteiger charge is 2.19. The van der Waals surface area contributed by atoms with Crippen LogP contribution in [-0.4, -0.2) is 85.0 Å². The third kappa shape index (κ3) is 7.45. The van der Waals surface area contributed by atoms with Crippen LogP contribution >= 0.6 is 23.2 Å². The quantitative estimate of drug-likeness (QED) is 0.581. The molecule has 31 heavy (non-hydrogen) atoms. The van der Waals surface area contributed by atoms with Gasteiger partial charge in [0.2, 0.25) is 0 Å². The molecule has 0 bridgehead atoms. The monoisotopic (exact) mass is 460 g/mol. The number of hydrogen-bond acceptors (Lipinski definition) is 4. The van der Waals surface area contributed by atoms with Crippen LogP contribution in [0.1, 0.15) is 17.5 Å². The third-order valence-corrected chi connectivity index (χ3v) is 7.02. The van der Waals surface area contributed by atoms with Crippen molar-refractivity contribution in [3.05, 3.63) is 69.7 Å². The van der Waals surface area contributed by atoms with Crippen molar-refractivity contribution >= 4 is 23.2 Å². The van der Waals surface area contributed by atoms with Crippen LogP contribution in [0.25, 0.3) is 0 Å². The number of hydrogen-bond donors (Lipinski definition) is 0. The van der Waals surface area contributed by atoms with E-state index < -0.39 is 0 Å². The van der Waals surface area contributed by atoms with Crippen molar-refractivity contribution in [1.82, 2.24) is 19.6 Å². The summed E-state index contributed by atoms with van der Waals surface area (Å²) < 4.78 is 0. The molecule has 2 aliphatic rings. The maximum absolute atomic E-state index is 5.99. The third-order valence-electron chi connectivity index (χ3n) is 6.52. The number of halogens is 2. The largest absolute Gasteiger partial charge is 0.301 e. The molecule has 0 radical (unpaired) electrons. The highest BCUT2D eigenvalue weighted by atomic mass is 35.5. The van der Waals surface area contributed by atoms with Gasteiger partial charge in [-0.05, 0) is 54.9 Å². The van der Waals surface area contributed by atoms with Crippen molar-refractivity contribution in [2.24, 2.45) is 0 Å². The van der Waals surface area contributed by atoms with Crippen LogP contribution < -0.4 is 0 Å². The predicted octanol–water partition coefficient (Wildman–Crippen LogP) is 4.32. The topological polar surface area (TPSA) is 13.0 Å². The maximum Gasteiger partial charge on any atom is 0.0406 e. The van der Waals surface area contributed by atoms with Crippen molar-refractivity contribution in [3.63, 3.8) is 0 Å². The first-order chi connectivity index (χ1) is 15.1. The minimum Gasteiger partial charge on any atom is -0.301 e. The van der Waals surface area contributed by atoms with Gasteiger partial charge < -0.3 is 9.80 Å². The van der Waals surface area contributed by atoms with E-state index in [0.29, 0.717) is 0 Å². The van der Waals surface area contributed by atoms with Crippen molar-refractivity contribution in [2.75, 3.05) is 65.4 Å². The Morgan fingerprint density at radius 1 is 0.484 bits per heavy atom. The zero-order valence-electron chi connectivity index (χ0n) is 18.4. The van der Waals surface area contributed by atoms with Crippen molar-refractivity contribution < 1.29 is 0 Å². The average Bonchev–Trinajstić information content (AvgIpc) is 2.79. The fourth-order valence-electron chi connectivity index (χ4n) is 4.56. The van der Waals surface area contributed by atoms with E-state index in [-0.39, 0.29) is 0 Å². The van der Waals surface area contributed by atoms with Gasteiger partial charge in [0.25, 0.3) is 0 Å². The molecule has 0 spiro atoms. The van der Waals surface area contributed by atoms with Crippen LogP contribution in [-0.2, 0) is 13.1 Å². The SMILES string of the molecule is Clc1ccc(CN2CCN(CCCN3CCN(Cc4ccc(Cl)cc4)CC3)CC2)cc1. The number of nitrogens with zero attached hydrogens (tertiary/aromatic N) is 4. The van der Waals surface area contributed by atoms with Crippen LogP contribution in [0.4, 0.5) is 0 Å². The molecular weight excluding hydrogens is 427 g/mol. The summed E-state index contributed by atoms with van der Waals surface area (Å²) in [5, 5.41) is 1.63. The van der Waals surface area contributed by atoms with Gasteiger partial charge in [-0.1, -0.05) is 47.5 Å². The second kappa shape index (κ2) is 11.6. The second-order valence-corrected chi connectivity index (χ2v) is 9.71. The summed E-state index contributed by atoms with van der Waals surface area (Å²) in [6.45, 7) is 13.9. The molecule has 0 aliphatic carbocycles. The Hall–Kier alpha value is -1.14. The van der Waals surface area contributed by atoms with Crippen molar-refractivity contribution in [1.29, 1.82) is 0 Å². The molecule has 4 nitrogen and oxygen atoms in total. The molecule has 168 valence electrons. The molecule has 2 fully saturated rings. The van der Waals surface area contributed by atoms with Crippen molar-refractivity contribution in [2.45, 2.75) is 19.5 Å². The Morgan fingerprint density at radius 2 is 0.806 bits per heavy atom. The summed E-state index contributed by atoms with van der Waals surface area (Å²) in [6, 6.07) is 16.5. The molecule has 0 aromatic heterocycles. The van der Waals surface area contributed by atoms with Crippen LogP contribution in [0.5, 0.6) is 0 Å². The van der Waals surface area contributed by atoms with E-state index in [1.807, 2.05) is 24.3 Å². The normalized spacial score (nSPS) is 19.7. The number of rotatable bonds is 8. The van der Waals surface area contributed by atoms with Gasteiger partial charge in [-0.2, -0.15) is 0 Å². The summed E-state index contributed by atoms with van der Waals surface area (Å²) >= 11 is 12.0. The van der Waals surface area contributed by atoms with Crippen LogP contribution in [0.2, 0.25) is 10.0 Å². The molecule has 0 unspecified atom stereocenters. The predicted molar refractivity (Wildman–Crippen MR) is 131 cm³/mol. The lowest BCUT2D eigenvalue weighted by molar-refractivity contribution is 0.106. The van der Waals surface area contributed by atoms with Crippen LogP contribution in [0.3, 0.4) is 0 Å². The Labute approximate surface area is 197 Å². The summed E-state index contributed by atoms with van der Waals surface area (Å²) in [5.41, 5.74) is 2.71. The van der Waals surface area contributed by atoms with Gasteiger partial charge in [-0.3, -0.25) is 9.80 Å². The summed E-state index contributed by atoms with van der Waals surface area (Å²) in [7, 11) is 0. The van der Waals surface area contributed by atoms with E-state index in [2.05, 4.69) is 43.9 Å². The standard InChI is InChI=1S/C25H34Cl2N4/c26-24-6-2-22(3-7-24)20-30-16-12-28(13-17-30)10-1-11-29-14-18-31(19-15-29)21-23-4-8-25(27)9-5-23/h2-9H,1,10-21H2. The highest BCUT2D eigenvalue weighted by molar-refractivity contribution is 6.30. The average molecular weight is 461 g/mol. The Bertz CT molecular complexity index is 713. The fraction of sp³-hybridized carbons (Fsp3) is 0.520. The highest BCUT2D eigenvalue weighted by Crippen LogP contribution is 2.14. The zero-order chi connectivity index (χ0) is 21.5. The molecule has 2 aliphatic heterocycles. The first kappa shape index (κ1) is 23.0. The minimum atomic E-state index is 0.816. The van der Waals surface area contributed by atoms with Gasteiger partial charge in [0.15, 0.2) is 0 Å². The summed E-state index contributed by atoms with van der Waals surface area (Å²) in [5.74, 6) is 0. The van der Waals surface area contributed by atoms with Gasteiger partial charge in [0, 0.05) is 75.5 Å². The lowest BCUT2D eigenvalue weighted by atomic mass is 10.2. The number of piperazine rings is 2. The van der Waals surface area contributed by atoms with E-state index in [1.165, 1.54) is 56.8 Å². The molecule has 6 heteroatoms. The fourth-order valence-corrected chi connectivity index (χ4v) is 4.81. The van der Waals surface area contributed by atoms with E-state index in [0.717, 1.165) is 49.3 Å². The molecular formula is C25H34Cl2N4. The van der Waals surface area contributed by atoms with Gasteiger partial charge in [-0.15, -0.1) is 0 Å². The van der Waals surface area contributed by atoms with E-state index >= 15 is 0 Å². The molecule has 2 aromatic carbocycles. The van der Waals surface area contributed by atoms with Gasteiger partial charge in [0.1, 0.15) is 0 Å². The Balaban J connectivity index is 1.08. The van der Waals surface area contributed by atoms with Gasteiger partial charge in [-0.25, -0.2) is 0 Å².